The minimum atomic E-state index is -4.12. The Morgan fingerprint density at radius 1 is 0.944 bits per heavy atom. The summed E-state index contributed by atoms with van der Waals surface area (Å²) in [5.41, 5.74) is 1.16. The first-order valence-electron chi connectivity index (χ1n) is 11.3. The van der Waals surface area contributed by atoms with Crippen LogP contribution in [0.2, 0.25) is 0 Å². The van der Waals surface area contributed by atoms with Crippen molar-refractivity contribution in [2.24, 2.45) is 0 Å². The van der Waals surface area contributed by atoms with Crippen LogP contribution in [0.4, 0.5) is 5.69 Å². The minimum absolute atomic E-state index is 0.0308. The van der Waals surface area contributed by atoms with Crippen molar-refractivity contribution in [1.82, 2.24) is 5.32 Å². The number of benzene rings is 3. The summed E-state index contributed by atoms with van der Waals surface area (Å²) in [6, 6.07) is 17.8. The monoisotopic (exact) mass is 512 g/mol. The number of para-hydroxylation sites is 1. The van der Waals surface area contributed by atoms with Gasteiger partial charge in [-0.05, 0) is 48.9 Å². The molecule has 0 unspecified atom stereocenters. The highest BCUT2D eigenvalue weighted by Gasteiger charge is 2.29. The highest BCUT2D eigenvalue weighted by molar-refractivity contribution is 7.92. The quantitative estimate of drug-likeness (QED) is 0.468. The molecule has 36 heavy (non-hydrogen) atoms. The molecule has 9 nitrogen and oxygen atoms in total. The van der Waals surface area contributed by atoms with Gasteiger partial charge >= 0.3 is 0 Å². The van der Waals surface area contributed by atoms with E-state index < -0.39 is 28.5 Å². The van der Waals surface area contributed by atoms with Gasteiger partial charge < -0.3 is 24.3 Å². The Balaban J connectivity index is 1.58. The number of sulfonamides is 1. The molecule has 4 rings (SSSR count). The largest absolute Gasteiger partial charge is 0.493 e. The zero-order valence-electron chi connectivity index (χ0n) is 20.3. The molecular weight excluding hydrogens is 484 g/mol. The fourth-order valence-corrected chi connectivity index (χ4v) is 5.28. The summed E-state index contributed by atoms with van der Waals surface area (Å²) in [6.45, 7) is 2.34. The first-order valence-corrected chi connectivity index (χ1v) is 12.8. The number of carbonyl (C=O) groups excluding carboxylic acids is 1. The predicted octanol–water partition coefficient (Wildman–Crippen LogP) is 3.55. The molecular formula is C26H28N2O7S. The highest BCUT2D eigenvalue weighted by Crippen LogP contribution is 2.33. The Morgan fingerprint density at radius 2 is 1.64 bits per heavy atom. The number of rotatable bonds is 9. The van der Waals surface area contributed by atoms with Crippen LogP contribution in [-0.2, 0) is 14.8 Å². The molecule has 0 radical (unpaired) electrons. The normalized spacial score (nSPS) is 13.4. The van der Waals surface area contributed by atoms with Gasteiger partial charge in [-0.1, -0.05) is 24.3 Å². The lowest BCUT2D eigenvalue weighted by Gasteiger charge is -2.26. The van der Waals surface area contributed by atoms with Crippen LogP contribution < -0.4 is 28.6 Å². The van der Waals surface area contributed by atoms with Crippen LogP contribution in [0, 0.1) is 0 Å². The van der Waals surface area contributed by atoms with Gasteiger partial charge in [0.15, 0.2) is 23.0 Å². The van der Waals surface area contributed by atoms with Gasteiger partial charge in [0.1, 0.15) is 19.8 Å². The van der Waals surface area contributed by atoms with Gasteiger partial charge in [-0.15, -0.1) is 0 Å². The Kier molecular flexibility index (Phi) is 7.54. The molecule has 0 aromatic heterocycles. The Bertz CT molecular complexity index is 1330. The van der Waals surface area contributed by atoms with E-state index in [1.54, 1.807) is 36.4 Å². The molecule has 3 aromatic carbocycles. The van der Waals surface area contributed by atoms with Crippen molar-refractivity contribution >= 4 is 21.6 Å². The van der Waals surface area contributed by atoms with Crippen LogP contribution in [0.3, 0.4) is 0 Å². The maximum Gasteiger partial charge on any atom is 0.264 e. The van der Waals surface area contributed by atoms with Crippen molar-refractivity contribution in [3.63, 3.8) is 0 Å². The average Bonchev–Trinajstić information content (AvgIpc) is 2.91. The number of anilines is 1. The SMILES string of the molecule is COc1ccc(S(=O)(=O)N(CC(=O)N[C@H](C)c2ccc3c(c2)OCCO3)c2ccccc2)cc1OC. The predicted molar refractivity (Wildman–Crippen MR) is 135 cm³/mol. The third kappa shape index (κ3) is 5.33. The topological polar surface area (TPSA) is 103 Å². The van der Waals surface area contributed by atoms with E-state index in [-0.39, 0.29) is 10.6 Å². The third-order valence-electron chi connectivity index (χ3n) is 5.72. The van der Waals surface area contributed by atoms with Crippen LogP contribution in [0.5, 0.6) is 23.0 Å². The standard InChI is InChI=1S/C26H28N2O7S/c1-18(19-9-11-23-25(15-19)35-14-13-34-23)27-26(29)17-28(20-7-5-4-6-8-20)36(30,31)21-10-12-22(32-2)24(16-21)33-3/h4-12,15-16,18H,13-14,17H2,1-3H3,(H,27,29)/t18-/m1/s1. The molecule has 10 heteroatoms. The first-order chi connectivity index (χ1) is 17.3. The van der Waals surface area contributed by atoms with E-state index in [4.69, 9.17) is 18.9 Å². The second kappa shape index (κ2) is 10.8. The van der Waals surface area contributed by atoms with Crippen molar-refractivity contribution in [3.05, 3.63) is 72.3 Å². The van der Waals surface area contributed by atoms with Crippen LogP contribution in [0.15, 0.2) is 71.6 Å². The van der Waals surface area contributed by atoms with E-state index in [9.17, 15) is 13.2 Å². The second-order valence-electron chi connectivity index (χ2n) is 8.06. The molecule has 0 aliphatic carbocycles. The zero-order valence-corrected chi connectivity index (χ0v) is 21.1. The Labute approximate surface area is 210 Å². The molecule has 1 N–H and O–H groups in total. The van der Waals surface area contributed by atoms with Crippen molar-refractivity contribution in [3.8, 4) is 23.0 Å². The van der Waals surface area contributed by atoms with Gasteiger partial charge in [0.05, 0.1) is 30.8 Å². The summed E-state index contributed by atoms with van der Waals surface area (Å²) >= 11 is 0. The second-order valence-corrected chi connectivity index (χ2v) is 9.92. The minimum Gasteiger partial charge on any atom is -0.493 e. The molecule has 1 atom stereocenters. The molecule has 1 aliphatic rings. The van der Waals surface area contributed by atoms with Gasteiger partial charge in [0, 0.05) is 6.07 Å². The van der Waals surface area contributed by atoms with E-state index >= 15 is 0 Å². The van der Waals surface area contributed by atoms with Crippen LogP contribution in [0.25, 0.3) is 0 Å². The Hall–Kier alpha value is -3.92. The summed E-state index contributed by atoms with van der Waals surface area (Å²) in [6.07, 6.45) is 0. The van der Waals surface area contributed by atoms with E-state index in [1.165, 1.54) is 32.4 Å². The summed E-state index contributed by atoms with van der Waals surface area (Å²) in [7, 11) is -1.22. The van der Waals surface area contributed by atoms with Crippen molar-refractivity contribution in [2.45, 2.75) is 17.9 Å². The molecule has 0 saturated heterocycles. The van der Waals surface area contributed by atoms with Gasteiger partial charge in [-0.25, -0.2) is 8.42 Å². The van der Waals surface area contributed by atoms with Gasteiger partial charge in [0.2, 0.25) is 5.91 Å². The number of hydrogen-bond acceptors (Lipinski definition) is 7. The number of methoxy groups -OCH3 is 2. The number of hydrogen-bond donors (Lipinski definition) is 1. The lowest BCUT2D eigenvalue weighted by atomic mass is 10.1. The molecule has 0 spiro atoms. The van der Waals surface area contributed by atoms with E-state index in [2.05, 4.69) is 5.32 Å². The third-order valence-corrected chi connectivity index (χ3v) is 7.49. The number of carbonyl (C=O) groups is 1. The number of amides is 1. The zero-order chi connectivity index (χ0) is 25.7. The fourth-order valence-electron chi connectivity index (χ4n) is 3.84. The molecule has 3 aromatic rings. The van der Waals surface area contributed by atoms with E-state index in [0.717, 1.165) is 9.87 Å². The van der Waals surface area contributed by atoms with E-state index in [1.807, 2.05) is 19.1 Å². The summed E-state index contributed by atoms with van der Waals surface area (Å²) in [4.78, 5) is 13.1. The van der Waals surface area contributed by atoms with E-state index in [0.29, 0.717) is 36.1 Å². The van der Waals surface area contributed by atoms with Crippen molar-refractivity contribution in [2.75, 3.05) is 38.3 Å². The van der Waals surface area contributed by atoms with Crippen molar-refractivity contribution < 1.29 is 32.2 Å². The smallest absolute Gasteiger partial charge is 0.264 e. The van der Waals surface area contributed by atoms with Gasteiger partial charge in [-0.2, -0.15) is 0 Å². The molecule has 0 fully saturated rings. The number of fused-ring (bicyclic) bond motifs is 1. The van der Waals surface area contributed by atoms with Crippen molar-refractivity contribution in [1.29, 1.82) is 0 Å². The molecule has 0 bridgehead atoms. The maximum absolute atomic E-state index is 13.7. The average molecular weight is 513 g/mol. The molecule has 190 valence electrons. The lowest BCUT2D eigenvalue weighted by molar-refractivity contribution is -0.120. The molecule has 0 saturated carbocycles. The van der Waals surface area contributed by atoms with Crippen LogP contribution in [-0.4, -0.2) is 48.3 Å². The Morgan fingerprint density at radius 3 is 2.33 bits per heavy atom. The summed E-state index contributed by atoms with van der Waals surface area (Å²) in [5.74, 6) is 1.46. The van der Waals surface area contributed by atoms with Crippen LogP contribution >= 0.6 is 0 Å². The molecule has 1 heterocycles. The first kappa shape index (κ1) is 25.2. The maximum atomic E-state index is 13.7. The summed E-state index contributed by atoms with van der Waals surface area (Å²) in [5, 5.41) is 2.88. The summed E-state index contributed by atoms with van der Waals surface area (Å²) < 4.78 is 50.1. The number of nitrogens with zero attached hydrogens (tertiary/aromatic N) is 1. The number of nitrogens with one attached hydrogen (secondary N) is 1. The van der Waals surface area contributed by atoms with Crippen LogP contribution in [0.1, 0.15) is 18.5 Å². The highest BCUT2D eigenvalue weighted by atomic mass is 32.2. The fraction of sp³-hybridized carbons (Fsp3) is 0.269. The van der Waals surface area contributed by atoms with Gasteiger partial charge in [-0.3, -0.25) is 9.10 Å². The molecule has 1 aliphatic heterocycles. The van der Waals surface area contributed by atoms with Gasteiger partial charge in [0.25, 0.3) is 10.0 Å². The number of ether oxygens (including phenoxy) is 4. The molecule has 1 amide bonds. The lowest BCUT2D eigenvalue weighted by Crippen LogP contribution is -2.41.